The molecule has 0 N–H and O–H groups in total. The van der Waals surface area contributed by atoms with Crippen LogP contribution in [0.1, 0.15) is 0 Å². The lowest BCUT2D eigenvalue weighted by Crippen LogP contribution is -2.50. The van der Waals surface area contributed by atoms with E-state index in [1.54, 1.807) is 28.4 Å². The maximum absolute atomic E-state index is 5.21. The fourth-order valence-corrected chi connectivity index (χ4v) is 2.07. The van der Waals surface area contributed by atoms with Gasteiger partial charge in [0.05, 0.1) is 0 Å². The number of piperazine rings is 1. The Morgan fingerprint density at radius 2 is 0.944 bits per heavy atom. The molecule has 0 aromatic heterocycles. The summed E-state index contributed by atoms with van der Waals surface area (Å²) in [6.07, 6.45) is -0.274. The summed E-state index contributed by atoms with van der Waals surface area (Å²) in [4.78, 5) is 4.70. The van der Waals surface area contributed by atoms with Crippen LogP contribution in [0, 0.1) is 0 Å². The summed E-state index contributed by atoms with van der Waals surface area (Å²) in [6, 6.07) is 0. The minimum Gasteiger partial charge on any atom is -0.355 e. The van der Waals surface area contributed by atoms with Gasteiger partial charge in [0.25, 0.3) is 0 Å². The monoisotopic (exact) mass is 262 g/mol. The molecule has 0 unspecified atom stereocenters. The molecule has 1 heterocycles. The van der Waals surface area contributed by atoms with Gasteiger partial charge in [-0.05, 0) is 0 Å². The molecule has 0 bridgehead atoms. The van der Waals surface area contributed by atoms with Crippen LogP contribution < -0.4 is 0 Å². The maximum Gasteiger partial charge on any atom is 0.169 e. The summed E-state index contributed by atoms with van der Waals surface area (Å²) in [5.74, 6) is 0. The number of ether oxygens (including phenoxy) is 4. The lowest BCUT2D eigenvalue weighted by Gasteiger charge is -2.36. The van der Waals surface area contributed by atoms with Gasteiger partial charge in [-0.2, -0.15) is 0 Å². The molecule has 6 nitrogen and oxygen atoms in total. The summed E-state index contributed by atoms with van der Waals surface area (Å²) in [7, 11) is 6.69. The Morgan fingerprint density at radius 1 is 0.667 bits per heavy atom. The molecule has 0 spiro atoms. The Kier molecular flexibility index (Phi) is 7.73. The zero-order chi connectivity index (χ0) is 13.4. The van der Waals surface area contributed by atoms with Gasteiger partial charge in [-0.15, -0.1) is 0 Å². The average Bonchev–Trinajstić information content (AvgIpc) is 2.43. The molecule has 0 aliphatic carbocycles. The van der Waals surface area contributed by atoms with Crippen molar-refractivity contribution in [3.63, 3.8) is 0 Å². The van der Waals surface area contributed by atoms with Crippen LogP contribution in [0.5, 0.6) is 0 Å². The SMILES string of the molecule is COC(CN1CCN(CC(OC)OC)CC1)OC. The van der Waals surface area contributed by atoms with Gasteiger partial charge in [0.2, 0.25) is 0 Å². The van der Waals surface area contributed by atoms with E-state index in [4.69, 9.17) is 18.9 Å². The van der Waals surface area contributed by atoms with E-state index in [0.717, 1.165) is 39.3 Å². The van der Waals surface area contributed by atoms with E-state index in [0.29, 0.717) is 0 Å². The van der Waals surface area contributed by atoms with Gasteiger partial charge in [-0.25, -0.2) is 0 Å². The first-order chi connectivity index (χ1) is 8.73. The Morgan fingerprint density at radius 3 is 1.17 bits per heavy atom. The summed E-state index contributed by atoms with van der Waals surface area (Å²) < 4.78 is 20.8. The van der Waals surface area contributed by atoms with Crippen LogP contribution in [0.25, 0.3) is 0 Å². The molecule has 1 saturated heterocycles. The van der Waals surface area contributed by atoms with Crippen LogP contribution >= 0.6 is 0 Å². The molecule has 6 heteroatoms. The third-order valence-electron chi connectivity index (χ3n) is 3.33. The highest BCUT2D eigenvalue weighted by atomic mass is 16.7. The molecule has 108 valence electrons. The van der Waals surface area contributed by atoms with Crippen molar-refractivity contribution < 1.29 is 18.9 Å². The van der Waals surface area contributed by atoms with E-state index >= 15 is 0 Å². The third-order valence-corrected chi connectivity index (χ3v) is 3.33. The van der Waals surface area contributed by atoms with Crippen molar-refractivity contribution in [3.8, 4) is 0 Å². The highest BCUT2D eigenvalue weighted by Crippen LogP contribution is 2.06. The fraction of sp³-hybridized carbons (Fsp3) is 1.00. The molecule has 0 saturated carbocycles. The summed E-state index contributed by atoms with van der Waals surface area (Å²) in [6.45, 7) is 5.71. The predicted octanol–water partition coefficient (Wildman–Crippen LogP) is -0.158. The largest absolute Gasteiger partial charge is 0.355 e. The van der Waals surface area contributed by atoms with Crippen LogP contribution in [0.15, 0.2) is 0 Å². The standard InChI is InChI=1S/C12H26N2O4/c1-15-11(16-2)9-13-5-7-14(8-6-13)10-12(17-3)18-4/h11-12H,5-10H2,1-4H3. The molecule has 1 rings (SSSR count). The maximum atomic E-state index is 5.21. The topological polar surface area (TPSA) is 43.4 Å². The average molecular weight is 262 g/mol. The number of hydrogen-bond acceptors (Lipinski definition) is 6. The van der Waals surface area contributed by atoms with E-state index in [1.165, 1.54) is 0 Å². The second kappa shape index (κ2) is 8.79. The highest BCUT2D eigenvalue weighted by Gasteiger charge is 2.21. The molecule has 0 amide bonds. The van der Waals surface area contributed by atoms with Gasteiger partial charge in [-0.1, -0.05) is 0 Å². The van der Waals surface area contributed by atoms with Crippen LogP contribution in [0.4, 0.5) is 0 Å². The first-order valence-corrected chi connectivity index (χ1v) is 6.29. The molecule has 1 aliphatic heterocycles. The molecule has 18 heavy (non-hydrogen) atoms. The van der Waals surface area contributed by atoms with E-state index in [-0.39, 0.29) is 12.6 Å². The summed E-state index contributed by atoms with van der Waals surface area (Å²) in [5, 5.41) is 0. The minimum absolute atomic E-state index is 0.137. The van der Waals surface area contributed by atoms with Crippen molar-refractivity contribution in [2.75, 3.05) is 67.7 Å². The fourth-order valence-electron chi connectivity index (χ4n) is 2.07. The van der Waals surface area contributed by atoms with E-state index in [2.05, 4.69) is 9.80 Å². The van der Waals surface area contributed by atoms with Crippen molar-refractivity contribution in [2.45, 2.75) is 12.6 Å². The van der Waals surface area contributed by atoms with Crippen molar-refractivity contribution >= 4 is 0 Å². The Hall–Kier alpha value is -0.240. The first-order valence-electron chi connectivity index (χ1n) is 6.29. The lowest BCUT2D eigenvalue weighted by molar-refractivity contribution is -0.130. The molecular formula is C12H26N2O4. The Labute approximate surface area is 110 Å². The van der Waals surface area contributed by atoms with Gasteiger partial charge >= 0.3 is 0 Å². The van der Waals surface area contributed by atoms with Crippen LogP contribution in [0.3, 0.4) is 0 Å². The lowest BCUT2D eigenvalue weighted by atomic mass is 10.3. The van der Waals surface area contributed by atoms with Crippen LogP contribution in [-0.2, 0) is 18.9 Å². The minimum atomic E-state index is -0.137. The van der Waals surface area contributed by atoms with Gasteiger partial charge in [0, 0.05) is 67.7 Å². The zero-order valence-corrected chi connectivity index (χ0v) is 11.9. The second-order valence-corrected chi connectivity index (χ2v) is 4.40. The van der Waals surface area contributed by atoms with Crippen LogP contribution in [-0.4, -0.2) is 90.1 Å². The molecule has 0 radical (unpaired) electrons. The predicted molar refractivity (Wildman–Crippen MR) is 68.5 cm³/mol. The van der Waals surface area contributed by atoms with Crippen molar-refractivity contribution in [2.24, 2.45) is 0 Å². The van der Waals surface area contributed by atoms with E-state index < -0.39 is 0 Å². The number of hydrogen-bond donors (Lipinski definition) is 0. The number of methoxy groups -OCH3 is 4. The quantitative estimate of drug-likeness (QED) is 0.566. The second-order valence-electron chi connectivity index (χ2n) is 4.40. The van der Waals surface area contributed by atoms with Crippen molar-refractivity contribution in [3.05, 3.63) is 0 Å². The summed E-state index contributed by atoms with van der Waals surface area (Å²) in [5.41, 5.74) is 0. The Bertz CT molecular complexity index is 180. The zero-order valence-electron chi connectivity index (χ0n) is 11.9. The van der Waals surface area contributed by atoms with Gasteiger partial charge in [-0.3, -0.25) is 9.80 Å². The molecule has 0 atom stereocenters. The first kappa shape index (κ1) is 15.8. The van der Waals surface area contributed by atoms with Gasteiger partial charge < -0.3 is 18.9 Å². The highest BCUT2D eigenvalue weighted by molar-refractivity contribution is 4.73. The van der Waals surface area contributed by atoms with E-state index in [9.17, 15) is 0 Å². The molecule has 0 aromatic carbocycles. The molecule has 0 aromatic rings. The van der Waals surface area contributed by atoms with Crippen LogP contribution in [0.2, 0.25) is 0 Å². The molecule has 1 fully saturated rings. The van der Waals surface area contributed by atoms with Gasteiger partial charge in [0.15, 0.2) is 12.6 Å². The van der Waals surface area contributed by atoms with Crippen molar-refractivity contribution in [1.82, 2.24) is 9.80 Å². The normalized spacial score (nSPS) is 19.0. The Balaban J connectivity index is 2.23. The number of rotatable bonds is 8. The third kappa shape index (κ3) is 5.17. The molecular weight excluding hydrogens is 236 g/mol. The smallest absolute Gasteiger partial charge is 0.169 e. The number of nitrogens with zero attached hydrogens (tertiary/aromatic N) is 2. The molecule has 1 aliphatic rings. The van der Waals surface area contributed by atoms with E-state index in [1.807, 2.05) is 0 Å². The van der Waals surface area contributed by atoms with Gasteiger partial charge in [0.1, 0.15) is 0 Å². The summed E-state index contributed by atoms with van der Waals surface area (Å²) >= 11 is 0. The van der Waals surface area contributed by atoms with Crippen molar-refractivity contribution in [1.29, 1.82) is 0 Å².